The van der Waals surface area contributed by atoms with Crippen LogP contribution in [0.3, 0.4) is 0 Å². The molecule has 1 atom stereocenters. The number of hydrogen-bond acceptors (Lipinski definition) is 2. The molecule has 0 aromatic heterocycles. The largest absolute Gasteiger partial charge is 0.508 e. The number of hydrogen-bond donors (Lipinski definition) is 1. The van der Waals surface area contributed by atoms with E-state index in [0.29, 0.717) is 11.1 Å². The van der Waals surface area contributed by atoms with Gasteiger partial charge in [0, 0.05) is 29.0 Å². The summed E-state index contributed by atoms with van der Waals surface area (Å²) in [7, 11) is 0. The maximum absolute atomic E-state index is 12.5. The Balaban J connectivity index is 2.27. The van der Waals surface area contributed by atoms with E-state index in [1.165, 1.54) is 6.42 Å². The first-order chi connectivity index (χ1) is 8.65. The summed E-state index contributed by atoms with van der Waals surface area (Å²) in [5, 5.41) is 10.5. The highest BCUT2D eigenvalue weighted by Crippen LogP contribution is 2.25. The third-order valence-electron chi connectivity index (χ3n) is 3.60. The van der Waals surface area contributed by atoms with Crippen LogP contribution < -0.4 is 0 Å². The zero-order valence-electron chi connectivity index (χ0n) is 10.5. The van der Waals surface area contributed by atoms with Crippen molar-refractivity contribution in [1.29, 1.82) is 0 Å². The van der Waals surface area contributed by atoms with Crippen molar-refractivity contribution in [3.8, 4) is 5.75 Å². The van der Waals surface area contributed by atoms with Crippen LogP contribution in [0, 0.1) is 6.92 Å². The number of amides is 1. The van der Waals surface area contributed by atoms with E-state index >= 15 is 0 Å². The minimum absolute atomic E-state index is 0.0348. The van der Waals surface area contributed by atoms with E-state index in [1.807, 2.05) is 4.90 Å². The molecule has 0 bridgehead atoms. The fourth-order valence-electron chi connectivity index (χ4n) is 2.44. The Kier molecular flexibility index (Phi) is 4.27. The molecule has 4 heteroatoms. The van der Waals surface area contributed by atoms with Crippen LogP contribution >= 0.6 is 15.9 Å². The number of carbonyl (C=O) groups is 1. The minimum Gasteiger partial charge on any atom is -0.508 e. The summed E-state index contributed by atoms with van der Waals surface area (Å²) >= 11 is 3.48. The van der Waals surface area contributed by atoms with Crippen molar-refractivity contribution < 1.29 is 9.90 Å². The summed E-state index contributed by atoms with van der Waals surface area (Å²) in [5.41, 5.74) is 1.28. The molecule has 3 nitrogen and oxygen atoms in total. The summed E-state index contributed by atoms with van der Waals surface area (Å²) in [5.74, 6) is 0.223. The van der Waals surface area contributed by atoms with Crippen LogP contribution in [0.15, 0.2) is 18.2 Å². The predicted molar refractivity (Wildman–Crippen MR) is 75.3 cm³/mol. The summed E-state index contributed by atoms with van der Waals surface area (Å²) < 4.78 is 0. The quantitative estimate of drug-likeness (QED) is 0.853. The topological polar surface area (TPSA) is 40.5 Å². The molecule has 0 aliphatic carbocycles. The maximum atomic E-state index is 12.5. The van der Waals surface area contributed by atoms with E-state index in [1.54, 1.807) is 25.1 Å². The number of carbonyl (C=O) groups excluding carboxylic acids is 1. The first-order valence-electron chi connectivity index (χ1n) is 6.30. The second kappa shape index (κ2) is 5.74. The van der Waals surface area contributed by atoms with Crippen LogP contribution in [0.4, 0.5) is 0 Å². The smallest absolute Gasteiger partial charge is 0.254 e. The highest BCUT2D eigenvalue weighted by molar-refractivity contribution is 9.09. The van der Waals surface area contributed by atoms with Crippen molar-refractivity contribution in [3.05, 3.63) is 29.3 Å². The molecule has 1 aliphatic rings. The molecule has 1 fully saturated rings. The van der Waals surface area contributed by atoms with E-state index in [4.69, 9.17) is 0 Å². The summed E-state index contributed by atoms with van der Waals surface area (Å²) in [6.45, 7) is 2.60. The van der Waals surface area contributed by atoms with E-state index in [-0.39, 0.29) is 17.7 Å². The number of phenols is 1. The van der Waals surface area contributed by atoms with Crippen LogP contribution in [-0.2, 0) is 0 Å². The molecule has 1 unspecified atom stereocenters. The third kappa shape index (κ3) is 2.53. The Bertz CT molecular complexity index is 447. The Hall–Kier alpha value is -1.03. The monoisotopic (exact) mass is 311 g/mol. The molecule has 1 amide bonds. The molecule has 1 aliphatic heterocycles. The molecule has 0 saturated carbocycles. The Labute approximate surface area is 116 Å². The summed E-state index contributed by atoms with van der Waals surface area (Å²) in [6, 6.07) is 5.40. The van der Waals surface area contributed by atoms with E-state index in [2.05, 4.69) is 15.9 Å². The third-order valence-corrected chi connectivity index (χ3v) is 4.35. The number of phenolic OH excluding ortho intramolecular Hbond substituents is 1. The van der Waals surface area contributed by atoms with Gasteiger partial charge in [-0.2, -0.15) is 0 Å². The van der Waals surface area contributed by atoms with Crippen molar-refractivity contribution in [2.24, 2.45) is 0 Å². The van der Waals surface area contributed by atoms with Gasteiger partial charge in [0.15, 0.2) is 0 Å². The van der Waals surface area contributed by atoms with Crippen molar-refractivity contribution in [1.82, 2.24) is 4.90 Å². The van der Waals surface area contributed by atoms with Gasteiger partial charge in [0.1, 0.15) is 5.75 Å². The van der Waals surface area contributed by atoms with Crippen LogP contribution in [0.5, 0.6) is 5.75 Å². The molecular weight excluding hydrogens is 294 g/mol. The number of nitrogens with zero attached hydrogens (tertiary/aromatic N) is 1. The summed E-state index contributed by atoms with van der Waals surface area (Å²) in [4.78, 5) is 14.5. The Morgan fingerprint density at radius 2 is 2.28 bits per heavy atom. The van der Waals surface area contributed by atoms with Gasteiger partial charge in [-0.05, 0) is 38.3 Å². The lowest BCUT2D eigenvalue weighted by Crippen LogP contribution is -2.44. The molecule has 1 N–H and O–H groups in total. The number of benzene rings is 1. The Morgan fingerprint density at radius 1 is 1.50 bits per heavy atom. The second-order valence-corrected chi connectivity index (χ2v) is 5.40. The maximum Gasteiger partial charge on any atom is 0.254 e. The fourth-order valence-corrected chi connectivity index (χ4v) is 3.11. The number of alkyl halides is 1. The second-order valence-electron chi connectivity index (χ2n) is 4.75. The van der Waals surface area contributed by atoms with Gasteiger partial charge in [0.2, 0.25) is 0 Å². The van der Waals surface area contributed by atoms with Crippen LogP contribution in [0.1, 0.15) is 35.2 Å². The van der Waals surface area contributed by atoms with Crippen LogP contribution in [0.2, 0.25) is 0 Å². The normalized spacial score (nSPS) is 19.9. The number of halogens is 1. The number of piperidine rings is 1. The van der Waals surface area contributed by atoms with E-state index < -0.39 is 0 Å². The van der Waals surface area contributed by atoms with Gasteiger partial charge in [0.05, 0.1) is 0 Å². The summed E-state index contributed by atoms with van der Waals surface area (Å²) in [6.07, 6.45) is 3.29. The van der Waals surface area contributed by atoms with Crippen LogP contribution in [-0.4, -0.2) is 33.8 Å². The zero-order chi connectivity index (χ0) is 13.1. The average Bonchev–Trinajstić information content (AvgIpc) is 2.41. The Morgan fingerprint density at radius 3 is 3.00 bits per heavy atom. The SMILES string of the molecule is Cc1c(O)cccc1C(=O)N1CCCCC1CBr. The van der Waals surface area contributed by atoms with Gasteiger partial charge in [0.25, 0.3) is 5.91 Å². The fraction of sp³-hybridized carbons (Fsp3) is 0.500. The molecule has 1 saturated heterocycles. The highest BCUT2D eigenvalue weighted by atomic mass is 79.9. The highest BCUT2D eigenvalue weighted by Gasteiger charge is 2.27. The molecule has 0 spiro atoms. The lowest BCUT2D eigenvalue weighted by atomic mass is 10.0. The predicted octanol–water partition coefficient (Wildman–Crippen LogP) is 3.09. The van der Waals surface area contributed by atoms with Gasteiger partial charge in [-0.25, -0.2) is 0 Å². The molecule has 1 heterocycles. The zero-order valence-corrected chi connectivity index (χ0v) is 12.1. The molecule has 98 valence electrons. The number of rotatable bonds is 2. The van der Waals surface area contributed by atoms with Gasteiger partial charge in [-0.3, -0.25) is 4.79 Å². The van der Waals surface area contributed by atoms with Gasteiger partial charge >= 0.3 is 0 Å². The average molecular weight is 312 g/mol. The molecule has 1 aromatic rings. The van der Waals surface area contributed by atoms with E-state index in [9.17, 15) is 9.90 Å². The lowest BCUT2D eigenvalue weighted by molar-refractivity contribution is 0.0640. The molecular formula is C14H18BrNO2. The van der Waals surface area contributed by atoms with Crippen LogP contribution in [0.25, 0.3) is 0 Å². The standard InChI is InChI=1S/C14H18BrNO2/c1-10-12(6-4-7-13(10)17)14(18)16-8-3-2-5-11(16)9-15/h4,6-7,11,17H,2-3,5,8-9H2,1H3. The molecule has 2 rings (SSSR count). The van der Waals surface area contributed by atoms with Crippen molar-refractivity contribution in [2.75, 3.05) is 11.9 Å². The van der Waals surface area contributed by atoms with Gasteiger partial charge < -0.3 is 10.0 Å². The molecule has 18 heavy (non-hydrogen) atoms. The van der Waals surface area contributed by atoms with Crippen molar-refractivity contribution >= 4 is 21.8 Å². The van der Waals surface area contributed by atoms with Gasteiger partial charge in [-0.15, -0.1) is 0 Å². The minimum atomic E-state index is 0.0348. The molecule has 0 radical (unpaired) electrons. The number of likely N-dealkylation sites (tertiary alicyclic amines) is 1. The molecule has 1 aromatic carbocycles. The van der Waals surface area contributed by atoms with Crippen molar-refractivity contribution in [2.45, 2.75) is 32.2 Å². The first kappa shape index (κ1) is 13.4. The van der Waals surface area contributed by atoms with E-state index in [0.717, 1.165) is 24.7 Å². The van der Waals surface area contributed by atoms with Gasteiger partial charge in [-0.1, -0.05) is 22.0 Å². The first-order valence-corrected chi connectivity index (χ1v) is 7.43. The number of aromatic hydroxyl groups is 1. The van der Waals surface area contributed by atoms with Crippen molar-refractivity contribution in [3.63, 3.8) is 0 Å². The lowest BCUT2D eigenvalue weighted by Gasteiger charge is -2.35.